The molecule has 0 fully saturated rings. The van der Waals surface area contributed by atoms with Gasteiger partial charge in [-0.25, -0.2) is 8.78 Å². The number of carbonyl (C=O) groups excluding carboxylic acids is 1. The van der Waals surface area contributed by atoms with E-state index in [1.165, 1.54) is 13.0 Å². The van der Waals surface area contributed by atoms with Gasteiger partial charge in [-0.3, -0.25) is 9.78 Å². The van der Waals surface area contributed by atoms with E-state index in [4.69, 9.17) is 4.74 Å². The summed E-state index contributed by atoms with van der Waals surface area (Å²) in [4.78, 5) is 15.9. The summed E-state index contributed by atoms with van der Waals surface area (Å²) < 4.78 is 33.4. The maximum absolute atomic E-state index is 14.3. The van der Waals surface area contributed by atoms with Crippen LogP contribution in [-0.4, -0.2) is 11.0 Å². The van der Waals surface area contributed by atoms with Crippen molar-refractivity contribution in [3.05, 3.63) is 65.0 Å². The summed E-state index contributed by atoms with van der Waals surface area (Å²) in [5.74, 6) is -2.64. The number of benzene rings is 1. The Morgan fingerprint density at radius 2 is 2.00 bits per heavy atom. The molecular weight excluding hydrogens is 300 g/mol. The van der Waals surface area contributed by atoms with E-state index in [1.54, 1.807) is 18.3 Å². The van der Waals surface area contributed by atoms with Crippen LogP contribution in [-0.2, 0) is 16.0 Å². The van der Waals surface area contributed by atoms with Crippen LogP contribution >= 0.6 is 0 Å². The second-order valence-electron chi connectivity index (χ2n) is 5.71. The number of halogens is 2. The fourth-order valence-corrected chi connectivity index (χ4v) is 3.23. The lowest BCUT2D eigenvalue weighted by Gasteiger charge is -2.26. The molecule has 0 radical (unpaired) electrons. The lowest BCUT2D eigenvalue weighted by molar-refractivity contribution is -0.148. The van der Waals surface area contributed by atoms with Crippen LogP contribution in [0.4, 0.5) is 8.78 Å². The number of esters is 1. The van der Waals surface area contributed by atoms with Crippen molar-refractivity contribution in [3.63, 3.8) is 0 Å². The molecule has 0 unspecified atom stereocenters. The van der Waals surface area contributed by atoms with Crippen LogP contribution < -0.4 is 0 Å². The number of hydrogen-bond donors (Lipinski definition) is 0. The molecule has 5 heteroatoms. The monoisotopic (exact) mass is 317 g/mol. The predicted molar refractivity (Wildman–Crippen MR) is 80.8 cm³/mol. The molecule has 0 amide bonds. The second-order valence-corrected chi connectivity index (χ2v) is 5.71. The van der Waals surface area contributed by atoms with Gasteiger partial charge >= 0.3 is 5.97 Å². The summed E-state index contributed by atoms with van der Waals surface area (Å²) in [7, 11) is 0. The van der Waals surface area contributed by atoms with Crippen LogP contribution in [0.3, 0.4) is 0 Å². The maximum atomic E-state index is 14.3. The fraction of sp³-hybridized carbons (Fsp3) is 0.333. The smallest absolute Gasteiger partial charge is 0.303 e. The van der Waals surface area contributed by atoms with Gasteiger partial charge in [-0.15, -0.1) is 0 Å². The fourth-order valence-electron chi connectivity index (χ4n) is 3.23. The molecule has 2 aromatic rings. The van der Waals surface area contributed by atoms with Crippen molar-refractivity contribution < 1.29 is 18.3 Å². The highest BCUT2D eigenvalue weighted by Crippen LogP contribution is 2.42. The van der Waals surface area contributed by atoms with E-state index >= 15 is 0 Å². The number of aromatic nitrogens is 1. The molecule has 0 bridgehead atoms. The Labute approximate surface area is 133 Å². The van der Waals surface area contributed by atoms with Crippen molar-refractivity contribution in [2.45, 2.75) is 38.2 Å². The molecule has 0 aliphatic heterocycles. The van der Waals surface area contributed by atoms with Gasteiger partial charge in [0.25, 0.3) is 0 Å². The van der Waals surface area contributed by atoms with Crippen LogP contribution in [0.1, 0.15) is 48.6 Å². The number of fused-ring (bicyclic) bond motifs is 1. The highest BCUT2D eigenvalue weighted by atomic mass is 19.2. The molecule has 120 valence electrons. The number of rotatable bonds is 2. The minimum Gasteiger partial charge on any atom is -0.457 e. The van der Waals surface area contributed by atoms with Crippen molar-refractivity contribution in [2.24, 2.45) is 0 Å². The standard InChI is InChI=1S/C18H17F2NO2/c1-11(22)23-18-13(12-5-2-8-15(19)17(12)20)6-3-9-16-14(18)7-4-10-21-16/h2,4-5,7-8,10,13,18H,3,6,9H2,1H3/t13-,18-/m0/s1. The Balaban J connectivity index is 2.10. The summed E-state index contributed by atoms with van der Waals surface area (Å²) in [5, 5.41) is 0. The van der Waals surface area contributed by atoms with E-state index < -0.39 is 29.6 Å². The summed E-state index contributed by atoms with van der Waals surface area (Å²) in [6.07, 6.45) is 3.11. The zero-order valence-electron chi connectivity index (χ0n) is 12.8. The first-order chi connectivity index (χ1) is 11.1. The lowest BCUT2D eigenvalue weighted by atomic mass is 9.87. The third-order valence-electron chi connectivity index (χ3n) is 4.20. The molecule has 1 aromatic heterocycles. The third kappa shape index (κ3) is 3.09. The van der Waals surface area contributed by atoms with Crippen LogP contribution in [0.15, 0.2) is 36.5 Å². The molecular formula is C18H17F2NO2. The summed E-state index contributed by atoms with van der Waals surface area (Å²) in [6, 6.07) is 7.73. The lowest BCUT2D eigenvalue weighted by Crippen LogP contribution is -2.18. The number of pyridine rings is 1. The van der Waals surface area contributed by atoms with Crippen LogP contribution in [0, 0.1) is 11.6 Å². The van der Waals surface area contributed by atoms with E-state index in [0.717, 1.165) is 30.2 Å². The van der Waals surface area contributed by atoms with Crippen LogP contribution in [0.5, 0.6) is 0 Å². The first-order valence-electron chi connectivity index (χ1n) is 7.63. The predicted octanol–water partition coefficient (Wildman–Crippen LogP) is 4.08. The van der Waals surface area contributed by atoms with Crippen molar-refractivity contribution in [2.75, 3.05) is 0 Å². The minimum atomic E-state index is -0.889. The molecule has 2 atom stereocenters. The molecule has 1 heterocycles. The van der Waals surface area contributed by atoms with E-state index in [1.807, 2.05) is 6.07 Å². The van der Waals surface area contributed by atoms with E-state index in [0.29, 0.717) is 6.42 Å². The van der Waals surface area contributed by atoms with Gasteiger partial charge in [-0.1, -0.05) is 18.2 Å². The normalized spacial score (nSPS) is 20.5. The first kappa shape index (κ1) is 15.6. The van der Waals surface area contributed by atoms with Crippen molar-refractivity contribution >= 4 is 5.97 Å². The topological polar surface area (TPSA) is 39.2 Å². The molecule has 23 heavy (non-hydrogen) atoms. The zero-order valence-corrected chi connectivity index (χ0v) is 12.8. The third-order valence-corrected chi connectivity index (χ3v) is 4.20. The molecule has 1 aliphatic carbocycles. The quantitative estimate of drug-likeness (QED) is 0.619. The molecule has 3 nitrogen and oxygen atoms in total. The van der Waals surface area contributed by atoms with Gasteiger partial charge in [-0.2, -0.15) is 0 Å². The Hall–Kier alpha value is -2.30. The molecule has 0 spiro atoms. The SMILES string of the molecule is CC(=O)O[C@@H]1c2cccnc2CCC[C@H]1c1cccc(F)c1F. The highest BCUT2D eigenvalue weighted by Gasteiger charge is 2.34. The van der Waals surface area contributed by atoms with Crippen molar-refractivity contribution in [1.82, 2.24) is 4.98 Å². The highest BCUT2D eigenvalue weighted by molar-refractivity contribution is 5.66. The van der Waals surface area contributed by atoms with E-state index in [-0.39, 0.29) is 5.56 Å². The van der Waals surface area contributed by atoms with Gasteiger partial charge in [0.15, 0.2) is 11.6 Å². The Kier molecular flexibility index (Phi) is 4.37. The van der Waals surface area contributed by atoms with E-state index in [2.05, 4.69) is 4.98 Å². The van der Waals surface area contributed by atoms with Gasteiger partial charge in [0.05, 0.1) is 0 Å². The van der Waals surface area contributed by atoms with Gasteiger partial charge in [0.1, 0.15) is 6.10 Å². The van der Waals surface area contributed by atoms with E-state index in [9.17, 15) is 13.6 Å². The average Bonchev–Trinajstić information content (AvgIpc) is 2.70. The molecule has 0 N–H and O–H groups in total. The number of aryl methyl sites for hydroxylation is 1. The Morgan fingerprint density at radius 3 is 2.78 bits per heavy atom. The van der Waals surface area contributed by atoms with Crippen LogP contribution in [0.2, 0.25) is 0 Å². The molecule has 1 aliphatic rings. The van der Waals surface area contributed by atoms with Gasteiger partial charge in [0, 0.05) is 30.3 Å². The number of ether oxygens (including phenoxy) is 1. The number of nitrogens with zero attached hydrogens (tertiary/aromatic N) is 1. The average molecular weight is 317 g/mol. The summed E-state index contributed by atoms with van der Waals surface area (Å²) >= 11 is 0. The first-order valence-corrected chi connectivity index (χ1v) is 7.63. The zero-order chi connectivity index (χ0) is 16.4. The van der Waals surface area contributed by atoms with Crippen molar-refractivity contribution in [3.8, 4) is 0 Å². The van der Waals surface area contributed by atoms with Crippen molar-refractivity contribution in [1.29, 1.82) is 0 Å². The van der Waals surface area contributed by atoms with Gasteiger partial charge in [0.2, 0.25) is 0 Å². The molecule has 1 aromatic carbocycles. The maximum Gasteiger partial charge on any atom is 0.303 e. The summed E-state index contributed by atoms with van der Waals surface area (Å²) in [6.45, 7) is 1.32. The van der Waals surface area contributed by atoms with Crippen LogP contribution in [0.25, 0.3) is 0 Å². The minimum absolute atomic E-state index is 0.243. The van der Waals surface area contributed by atoms with Gasteiger partial charge in [-0.05, 0) is 37.0 Å². The van der Waals surface area contributed by atoms with Gasteiger partial charge < -0.3 is 4.74 Å². The molecule has 0 saturated carbocycles. The summed E-state index contributed by atoms with van der Waals surface area (Å²) in [5.41, 5.74) is 1.86. The molecule has 0 saturated heterocycles. The second kappa shape index (κ2) is 6.44. The number of carbonyl (C=O) groups is 1. The Bertz CT molecular complexity index is 733. The number of hydrogen-bond acceptors (Lipinski definition) is 3. The molecule has 3 rings (SSSR count). The Morgan fingerprint density at radius 1 is 1.22 bits per heavy atom. The largest absolute Gasteiger partial charge is 0.457 e.